The molecule has 0 aliphatic rings. The third-order valence-electron chi connectivity index (χ3n) is 3.52. The van der Waals surface area contributed by atoms with Gasteiger partial charge in [0.05, 0.1) is 12.1 Å². The van der Waals surface area contributed by atoms with Gasteiger partial charge >= 0.3 is 6.18 Å². The maximum Gasteiger partial charge on any atom is 0.416 e. The van der Waals surface area contributed by atoms with Crippen LogP contribution in [-0.4, -0.2) is 20.2 Å². The summed E-state index contributed by atoms with van der Waals surface area (Å²) in [5.41, 5.74) is -0.336. The third-order valence-corrected chi connectivity index (χ3v) is 3.52. The molecule has 0 aliphatic heterocycles. The van der Waals surface area contributed by atoms with E-state index in [4.69, 9.17) is 4.42 Å². The monoisotopic (exact) mass is 351 g/mol. The van der Waals surface area contributed by atoms with Crippen molar-refractivity contribution >= 4 is 5.95 Å². The first kappa shape index (κ1) is 17.0. The second-order valence-electron chi connectivity index (χ2n) is 5.42. The van der Waals surface area contributed by atoms with Crippen LogP contribution in [0.4, 0.5) is 19.1 Å². The van der Waals surface area contributed by atoms with Crippen LogP contribution in [0.1, 0.15) is 24.7 Å². The van der Waals surface area contributed by atoms with Crippen molar-refractivity contribution in [1.29, 1.82) is 0 Å². The summed E-state index contributed by atoms with van der Waals surface area (Å²) in [6.07, 6.45) is -3.50. The molecule has 0 fully saturated rings. The standard InChI is InChI=1S/C16H16F3N5O/c1-2-8-24-15(21-22-23-24)20-10-13-6-7-14(25-13)11-4-3-5-12(9-11)16(17,18)19/h3-7,9H,2,8,10H2,1H3,(H,20,21,23). The van der Waals surface area contributed by atoms with Gasteiger partial charge in [-0.05, 0) is 41.1 Å². The Balaban J connectivity index is 1.71. The zero-order valence-corrected chi connectivity index (χ0v) is 13.4. The first-order valence-corrected chi connectivity index (χ1v) is 7.73. The molecule has 9 heteroatoms. The van der Waals surface area contributed by atoms with E-state index in [-0.39, 0.29) is 0 Å². The summed E-state index contributed by atoms with van der Waals surface area (Å²) in [5.74, 6) is 1.45. The Hall–Kier alpha value is -2.84. The van der Waals surface area contributed by atoms with Gasteiger partial charge in [-0.15, -0.1) is 0 Å². The molecule has 0 amide bonds. The molecule has 0 radical (unpaired) electrons. The molecule has 0 saturated heterocycles. The van der Waals surface area contributed by atoms with Gasteiger partial charge in [0.1, 0.15) is 11.5 Å². The SMILES string of the molecule is CCCn1nnnc1NCc1ccc(-c2cccc(C(F)(F)F)c2)o1. The van der Waals surface area contributed by atoms with Crippen molar-refractivity contribution in [3.8, 4) is 11.3 Å². The summed E-state index contributed by atoms with van der Waals surface area (Å²) in [6, 6.07) is 8.38. The lowest BCUT2D eigenvalue weighted by atomic mass is 10.1. The molecule has 0 atom stereocenters. The van der Waals surface area contributed by atoms with Crippen molar-refractivity contribution in [2.75, 3.05) is 5.32 Å². The predicted molar refractivity (Wildman–Crippen MR) is 84.6 cm³/mol. The quantitative estimate of drug-likeness (QED) is 0.728. The molecule has 3 rings (SSSR count). The maximum atomic E-state index is 12.8. The van der Waals surface area contributed by atoms with E-state index in [1.807, 2.05) is 6.92 Å². The minimum atomic E-state index is -4.39. The van der Waals surface area contributed by atoms with Crippen molar-refractivity contribution in [3.63, 3.8) is 0 Å². The molecule has 1 N–H and O–H groups in total. The molecule has 132 valence electrons. The minimum absolute atomic E-state index is 0.322. The Morgan fingerprint density at radius 1 is 1.20 bits per heavy atom. The van der Waals surface area contributed by atoms with Gasteiger partial charge in [0, 0.05) is 12.1 Å². The highest BCUT2D eigenvalue weighted by Gasteiger charge is 2.30. The first-order chi connectivity index (χ1) is 12.0. The van der Waals surface area contributed by atoms with E-state index in [2.05, 4.69) is 20.8 Å². The van der Waals surface area contributed by atoms with Gasteiger partial charge in [0.15, 0.2) is 0 Å². The molecule has 3 aromatic rings. The van der Waals surface area contributed by atoms with Crippen LogP contribution in [0.3, 0.4) is 0 Å². The van der Waals surface area contributed by atoms with E-state index < -0.39 is 11.7 Å². The zero-order valence-electron chi connectivity index (χ0n) is 13.4. The van der Waals surface area contributed by atoms with Crippen molar-refractivity contribution in [3.05, 3.63) is 47.7 Å². The number of nitrogens with zero attached hydrogens (tertiary/aromatic N) is 4. The molecule has 2 heterocycles. The van der Waals surface area contributed by atoms with Gasteiger partial charge in [-0.1, -0.05) is 24.2 Å². The summed E-state index contributed by atoms with van der Waals surface area (Å²) in [7, 11) is 0. The number of rotatable bonds is 6. The van der Waals surface area contributed by atoms with Crippen LogP contribution < -0.4 is 5.32 Å². The Morgan fingerprint density at radius 3 is 2.80 bits per heavy atom. The number of halogens is 3. The molecule has 0 saturated carbocycles. The molecule has 0 unspecified atom stereocenters. The van der Waals surface area contributed by atoms with Crippen molar-refractivity contribution < 1.29 is 17.6 Å². The number of nitrogens with one attached hydrogen (secondary N) is 1. The fraction of sp³-hybridized carbons (Fsp3) is 0.312. The zero-order chi connectivity index (χ0) is 17.9. The molecule has 0 spiro atoms. The number of aromatic nitrogens is 4. The average molecular weight is 351 g/mol. The molecule has 1 aromatic carbocycles. The van der Waals surface area contributed by atoms with Crippen LogP contribution in [0, 0.1) is 0 Å². The van der Waals surface area contributed by atoms with Crippen LogP contribution in [0.5, 0.6) is 0 Å². The predicted octanol–water partition coefficient (Wildman–Crippen LogP) is 3.97. The lowest BCUT2D eigenvalue weighted by molar-refractivity contribution is -0.137. The highest BCUT2D eigenvalue weighted by molar-refractivity contribution is 5.59. The van der Waals surface area contributed by atoms with E-state index >= 15 is 0 Å². The second kappa shape index (κ2) is 6.96. The molecule has 0 aliphatic carbocycles. The molecule has 0 bridgehead atoms. The highest BCUT2D eigenvalue weighted by Crippen LogP contribution is 2.32. The van der Waals surface area contributed by atoms with Gasteiger partial charge in [-0.25, -0.2) is 4.68 Å². The van der Waals surface area contributed by atoms with Gasteiger partial charge < -0.3 is 9.73 Å². The van der Waals surface area contributed by atoms with Crippen molar-refractivity contribution in [1.82, 2.24) is 20.2 Å². The maximum absolute atomic E-state index is 12.8. The van der Waals surface area contributed by atoms with Crippen LogP contribution in [0.25, 0.3) is 11.3 Å². The molecular formula is C16H16F3N5O. The van der Waals surface area contributed by atoms with Crippen molar-refractivity contribution in [2.24, 2.45) is 0 Å². The van der Waals surface area contributed by atoms with E-state index in [0.29, 0.717) is 36.1 Å². The highest BCUT2D eigenvalue weighted by atomic mass is 19.4. The number of hydrogen-bond acceptors (Lipinski definition) is 5. The fourth-order valence-electron chi connectivity index (χ4n) is 2.34. The molecule has 2 aromatic heterocycles. The van der Waals surface area contributed by atoms with Gasteiger partial charge in [0.25, 0.3) is 0 Å². The molecule has 25 heavy (non-hydrogen) atoms. The van der Waals surface area contributed by atoms with Gasteiger partial charge in [-0.2, -0.15) is 13.2 Å². The average Bonchev–Trinajstić information content (AvgIpc) is 3.22. The summed E-state index contributed by atoms with van der Waals surface area (Å²) in [6.45, 7) is 3.02. The number of furan rings is 1. The second-order valence-corrected chi connectivity index (χ2v) is 5.42. The van der Waals surface area contributed by atoms with E-state index in [1.54, 1.807) is 22.9 Å². The number of tetrazole rings is 1. The van der Waals surface area contributed by atoms with Crippen LogP contribution in [0.2, 0.25) is 0 Å². The number of hydrogen-bond donors (Lipinski definition) is 1. The normalized spacial score (nSPS) is 11.7. The van der Waals surface area contributed by atoms with Crippen molar-refractivity contribution in [2.45, 2.75) is 32.6 Å². The minimum Gasteiger partial charge on any atom is -0.459 e. The molecule has 6 nitrogen and oxygen atoms in total. The number of anilines is 1. The van der Waals surface area contributed by atoms with Crippen LogP contribution >= 0.6 is 0 Å². The van der Waals surface area contributed by atoms with Crippen LogP contribution in [0.15, 0.2) is 40.8 Å². The van der Waals surface area contributed by atoms with Gasteiger partial charge in [-0.3, -0.25) is 0 Å². The Kier molecular flexibility index (Phi) is 4.73. The topological polar surface area (TPSA) is 68.8 Å². The van der Waals surface area contributed by atoms with E-state index in [9.17, 15) is 13.2 Å². The number of alkyl halides is 3. The third kappa shape index (κ3) is 3.98. The Morgan fingerprint density at radius 2 is 2.04 bits per heavy atom. The number of aryl methyl sites for hydroxylation is 1. The van der Waals surface area contributed by atoms with E-state index in [0.717, 1.165) is 18.6 Å². The van der Waals surface area contributed by atoms with E-state index in [1.165, 1.54) is 6.07 Å². The Labute approximate surface area is 141 Å². The summed E-state index contributed by atoms with van der Waals surface area (Å²) < 4.78 is 45.7. The first-order valence-electron chi connectivity index (χ1n) is 7.73. The smallest absolute Gasteiger partial charge is 0.416 e. The summed E-state index contributed by atoms with van der Waals surface area (Å²) >= 11 is 0. The summed E-state index contributed by atoms with van der Waals surface area (Å²) in [4.78, 5) is 0. The van der Waals surface area contributed by atoms with Gasteiger partial charge in [0.2, 0.25) is 5.95 Å². The Bertz CT molecular complexity index is 840. The summed E-state index contributed by atoms with van der Waals surface area (Å²) in [5, 5.41) is 14.4. The fourth-order valence-corrected chi connectivity index (χ4v) is 2.34. The lowest BCUT2D eigenvalue weighted by Crippen LogP contribution is -2.08. The molecular weight excluding hydrogens is 335 g/mol. The largest absolute Gasteiger partial charge is 0.459 e. The van der Waals surface area contributed by atoms with Crippen LogP contribution in [-0.2, 0) is 19.3 Å². The number of benzene rings is 1. The lowest BCUT2D eigenvalue weighted by Gasteiger charge is -2.07.